The number of ether oxygens (including phenoxy) is 2. The molecule has 0 aliphatic rings. The van der Waals surface area contributed by atoms with E-state index in [1.165, 1.54) is 36.0 Å². The van der Waals surface area contributed by atoms with Gasteiger partial charge in [-0.1, -0.05) is 58.7 Å². The molecule has 2 aromatic carbocycles. The van der Waals surface area contributed by atoms with Crippen LogP contribution in [0.5, 0.6) is 5.75 Å². The third-order valence-corrected chi connectivity index (χ3v) is 7.75. The number of carbonyl (C=O) groups is 1. The van der Waals surface area contributed by atoms with Crippen LogP contribution in [0.4, 0.5) is 13.2 Å². The predicted molar refractivity (Wildman–Crippen MR) is 145 cm³/mol. The number of carbonyl (C=O) groups excluding carboxylic acids is 1. The molecule has 0 amide bonds. The second-order valence-corrected chi connectivity index (χ2v) is 11.3. The van der Waals surface area contributed by atoms with Crippen molar-refractivity contribution in [3.8, 4) is 16.2 Å². The van der Waals surface area contributed by atoms with Crippen LogP contribution in [0.25, 0.3) is 20.5 Å². The topological polar surface area (TPSA) is 35.5 Å². The molecule has 3 nitrogen and oxygen atoms in total. The average molecular weight is 535 g/mol. The van der Waals surface area contributed by atoms with Crippen molar-refractivity contribution in [2.24, 2.45) is 11.3 Å². The molecule has 0 saturated heterocycles. The van der Waals surface area contributed by atoms with E-state index in [1.807, 2.05) is 6.07 Å². The zero-order valence-corrected chi connectivity index (χ0v) is 23.2. The molecule has 7 heteroatoms. The Hall–Kier alpha value is -2.54. The third-order valence-electron chi connectivity index (χ3n) is 6.62. The maximum absolute atomic E-state index is 13.8. The number of aryl methyl sites for hydroxylation is 2. The highest BCUT2D eigenvalue weighted by Crippen LogP contribution is 2.40. The van der Waals surface area contributed by atoms with Gasteiger partial charge in [0.15, 0.2) is 0 Å². The van der Waals surface area contributed by atoms with Crippen molar-refractivity contribution in [1.29, 1.82) is 0 Å². The SMILES string of the molecule is CCCCCc1ccc(-c2cc3ccc(OCC(C)(COC(=O)C(C)C)C(F)(F)F)cc3s2)c(CC)c1. The van der Waals surface area contributed by atoms with Crippen molar-refractivity contribution >= 4 is 27.4 Å². The lowest BCUT2D eigenvalue weighted by Crippen LogP contribution is -2.45. The molecule has 0 radical (unpaired) electrons. The smallest absolute Gasteiger partial charge is 0.400 e. The number of alkyl halides is 3. The van der Waals surface area contributed by atoms with Crippen LogP contribution in [-0.2, 0) is 22.4 Å². The Morgan fingerprint density at radius 3 is 2.41 bits per heavy atom. The molecule has 1 aromatic heterocycles. The third kappa shape index (κ3) is 7.28. The van der Waals surface area contributed by atoms with Crippen LogP contribution in [-0.4, -0.2) is 25.4 Å². The molecule has 1 heterocycles. The summed E-state index contributed by atoms with van der Waals surface area (Å²) in [5.74, 6) is -0.809. The van der Waals surface area contributed by atoms with Gasteiger partial charge >= 0.3 is 12.1 Å². The Morgan fingerprint density at radius 2 is 1.76 bits per heavy atom. The number of halogens is 3. The fraction of sp³-hybridized carbons (Fsp3) is 0.500. The van der Waals surface area contributed by atoms with E-state index < -0.39 is 36.7 Å². The Morgan fingerprint density at radius 1 is 1.00 bits per heavy atom. The van der Waals surface area contributed by atoms with Gasteiger partial charge in [-0.3, -0.25) is 4.79 Å². The van der Waals surface area contributed by atoms with E-state index in [1.54, 1.807) is 37.3 Å². The summed E-state index contributed by atoms with van der Waals surface area (Å²) in [5, 5.41) is 1.02. The van der Waals surface area contributed by atoms with Gasteiger partial charge in [-0.15, -0.1) is 11.3 Å². The highest BCUT2D eigenvalue weighted by molar-refractivity contribution is 7.22. The zero-order valence-electron chi connectivity index (χ0n) is 22.3. The first-order valence-corrected chi connectivity index (χ1v) is 13.8. The lowest BCUT2D eigenvalue weighted by molar-refractivity contribution is -0.241. The van der Waals surface area contributed by atoms with Crippen LogP contribution < -0.4 is 4.74 Å². The highest BCUT2D eigenvalue weighted by atomic mass is 32.1. The molecule has 0 saturated carbocycles. The average Bonchev–Trinajstić information content (AvgIpc) is 3.28. The minimum atomic E-state index is -4.59. The van der Waals surface area contributed by atoms with Gasteiger partial charge in [0.2, 0.25) is 0 Å². The van der Waals surface area contributed by atoms with Gasteiger partial charge in [0, 0.05) is 9.58 Å². The van der Waals surface area contributed by atoms with Gasteiger partial charge in [-0.05, 0) is 72.5 Å². The molecule has 0 spiro atoms. The van der Waals surface area contributed by atoms with Crippen LogP contribution in [0, 0.1) is 11.3 Å². The van der Waals surface area contributed by atoms with Crippen molar-refractivity contribution in [2.75, 3.05) is 13.2 Å². The monoisotopic (exact) mass is 534 g/mol. The number of unbranched alkanes of at least 4 members (excludes halogenated alkanes) is 2. The van der Waals surface area contributed by atoms with Crippen LogP contribution in [0.1, 0.15) is 65.0 Å². The standard InChI is InChI=1S/C30H37F3O3S/c1-6-8-9-10-21-11-14-25(22(7-2)15-21)27-16-23-12-13-24(17-26(23)37-27)35-18-29(5,30(31,32)33)19-36-28(34)20(3)4/h11-17,20H,6-10,18-19H2,1-5H3. The molecule has 0 aliphatic heterocycles. The summed E-state index contributed by atoms with van der Waals surface area (Å²) >= 11 is 1.61. The molecular weight excluding hydrogens is 497 g/mol. The molecule has 1 atom stereocenters. The summed E-state index contributed by atoms with van der Waals surface area (Å²) in [6, 6.07) is 14.2. The van der Waals surface area contributed by atoms with Gasteiger partial charge in [-0.2, -0.15) is 13.2 Å². The fourth-order valence-electron chi connectivity index (χ4n) is 3.99. The van der Waals surface area contributed by atoms with Gasteiger partial charge < -0.3 is 9.47 Å². The van der Waals surface area contributed by atoms with Crippen molar-refractivity contribution in [1.82, 2.24) is 0 Å². The number of benzene rings is 2. The van der Waals surface area contributed by atoms with Gasteiger partial charge in [0.05, 0.1) is 5.92 Å². The van der Waals surface area contributed by atoms with E-state index >= 15 is 0 Å². The van der Waals surface area contributed by atoms with Gasteiger partial charge in [0.25, 0.3) is 0 Å². The second-order valence-electron chi connectivity index (χ2n) is 10.2. The summed E-state index contributed by atoms with van der Waals surface area (Å²) in [6.07, 6.45) is 1.04. The molecule has 0 fully saturated rings. The van der Waals surface area contributed by atoms with E-state index in [9.17, 15) is 18.0 Å². The maximum Gasteiger partial charge on any atom is 0.400 e. The highest BCUT2D eigenvalue weighted by Gasteiger charge is 2.53. The maximum atomic E-state index is 13.8. The first-order valence-electron chi connectivity index (χ1n) is 13.0. The Kier molecular flexibility index (Phi) is 9.68. The predicted octanol–water partition coefficient (Wildman–Crippen LogP) is 9.01. The van der Waals surface area contributed by atoms with Crippen LogP contribution >= 0.6 is 11.3 Å². The molecule has 1 unspecified atom stereocenters. The molecule has 0 N–H and O–H groups in total. The van der Waals surface area contributed by atoms with Crippen molar-refractivity contribution in [3.63, 3.8) is 0 Å². The Bertz CT molecular complexity index is 1200. The van der Waals surface area contributed by atoms with Crippen LogP contribution in [0.3, 0.4) is 0 Å². The van der Waals surface area contributed by atoms with E-state index in [4.69, 9.17) is 9.47 Å². The summed E-state index contributed by atoms with van der Waals surface area (Å²) in [6.45, 7) is 7.11. The van der Waals surface area contributed by atoms with E-state index in [2.05, 4.69) is 38.1 Å². The normalized spacial score (nSPS) is 13.6. The van der Waals surface area contributed by atoms with Crippen molar-refractivity contribution < 1.29 is 27.4 Å². The van der Waals surface area contributed by atoms with Crippen molar-refractivity contribution in [3.05, 3.63) is 53.6 Å². The van der Waals surface area contributed by atoms with E-state index in [0.29, 0.717) is 5.75 Å². The van der Waals surface area contributed by atoms with E-state index in [-0.39, 0.29) is 0 Å². The Balaban J connectivity index is 1.78. The molecular formula is C30H37F3O3S. The number of hydrogen-bond acceptors (Lipinski definition) is 4. The lowest BCUT2D eigenvalue weighted by atomic mass is 9.92. The number of fused-ring (bicyclic) bond motifs is 1. The first-order chi connectivity index (χ1) is 17.5. The quantitative estimate of drug-likeness (QED) is 0.172. The van der Waals surface area contributed by atoms with Crippen molar-refractivity contribution in [2.45, 2.75) is 72.9 Å². The molecule has 0 aliphatic carbocycles. The molecule has 0 bridgehead atoms. The summed E-state index contributed by atoms with van der Waals surface area (Å²) in [7, 11) is 0. The van der Waals surface area contributed by atoms with Gasteiger partial charge in [0.1, 0.15) is 24.4 Å². The largest absolute Gasteiger partial charge is 0.492 e. The summed E-state index contributed by atoms with van der Waals surface area (Å²) < 4.78 is 52.9. The second kappa shape index (κ2) is 12.3. The zero-order chi connectivity index (χ0) is 27.2. The number of hydrogen-bond donors (Lipinski definition) is 0. The van der Waals surface area contributed by atoms with Gasteiger partial charge in [-0.25, -0.2) is 0 Å². The number of esters is 1. The van der Waals surface area contributed by atoms with E-state index in [0.717, 1.165) is 34.7 Å². The molecule has 202 valence electrons. The molecule has 3 aromatic rings. The first kappa shape index (κ1) is 29.0. The minimum absolute atomic E-state index is 0.355. The Labute approximate surface area is 222 Å². The number of rotatable bonds is 12. The summed E-state index contributed by atoms with van der Waals surface area (Å²) in [5.41, 5.74) is 1.54. The molecule has 3 rings (SSSR count). The van der Waals surface area contributed by atoms with Crippen LogP contribution in [0.2, 0.25) is 0 Å². The minimum Gasteiger partial charge on any atom is -0.492 e. The summed E-state index contributed by atoms with van der Waals surface area (Å²) in [4.78, 5) is 12.9. The van der Waals surface area contributed by atoms with Crippen LogP contribution in [0.15, 0.2) is 42.5 Å². The lowest BCUT2D eigenvalue weighted by Gasteiger charge is -2.31. The number of thiophene rings is 1. The molecule has 37 heavy (non-hydrogen) atoms. The fourth-order valence-corrected chi connectivity index (χ4v) is 5.15.